The smallest absolute Gasteiger partial charge is 0.226 e. The number of amides is 1. The largest absolute Gasteiger partial charge is 0.348 e. The SMILES string of the molecule is CCCCCCC(=O)NC(=S)N(CCC#N)CCc1ccccc1. The van der Waals surface area contributed by atoms with Gasteiger partial charge in [0.15, 0.2) is 5.11 Å². The van der Waals surface area contributed by atoms with Crippen molar-refractivity contribution in [1.82, 2.24) is 10.2 Å². The molecule has 4 nitrogen and oxygen atoms in total. The summed E-state index contributed by atoms with van der Waals surface area (Å²) in [5.41, 5.74) is 1.22. The summed E-state index contributed by atoms with van der Waals surface area (Å²) < 4.78 is 0. The molecule has 0 aromatic heterocycles. The minimum atomic E-state index is -0.0298. The zero-order valence-electron chi connectivity index (χ0n) is 14.5. The molecule has 0 atom stereocenters. The van der Waals surface area contributed by atoms with Crippen molar-refractivity contribution in [3.8, 4) is 6.07 Å². The lowest BCUT2D eigenvalue weighted by molar-refractivity contribution is -0.119. The quantitative estimate of drug-likeness (QED) is 0.517. The molecule has 0 unspecified atom stereocenters. The Morgan fingerprint density at radius 3 is 2.62 bits per heavy atom. The van der Waals surface area contributed by atoms with E-state index in [0.29, 0.717) is 31.0 Å². The van der Waals surface area contributed by atoms with Crippen LogP contribution < -0.4 is 5.32 Å². The predicted octanol–water partition coefficient (Wildman–Crippen LogP) is 3.82. The topological polar surface area (TPSA) is 56.1 Å². The van der Waals surface area contributed by atoms with Gasteiger partial charge in [0.1, 0.15) is 0 Å². The highest BCUT2D eigenvalue weighted by Gasteiger charge is 2.12. The number of nitrogens with zero attached hydrogens (tertiary/aromatic N) is 2. The van der Waals surface area contributed by atoms with Gasteiger partial charge in [-0.25, -0.2) is 0 Å². The van der Waals surface area contributed by atoms with Crippen LogP contribution in [0, 0.1) is 11.3 Å². The maximum Gasteiger partial charge on any atom is 0.226 e. The average molecular weight is 346 g/mol. The summed E-state index contributed by atoms with van der Waals surface area (Å²) in [7, 11) is 0. The van der Waals surface area contributed by atoms with Gasteiger partial charge in [0.25, 0.3) is 0 Å². The fourth-order valence-corrected chi connectivity index (χ4v) is 2.68. The molecule has 1 aromatic rings. The van der Waals surface area contributed by atoms with Crippen LogP contribution in [-0.2, 0) is 11.2 Å². The molecule has 0 radical (unpaired) electrons. The van der Waals surface area contributed by atoms with Gasteiger partial charge in [-0.05, 0) is 30.6 Å². The highest BCUT2D eigenvalue weighted by molar-refractivity contribution is 7.80. The zero-order valence-corrected chi connectivity index (χ0v) is 15.3. The van der Waals surface area contributed by atoms with Crippen molar-refractivity contribution in [2.24, 2.45) is 0 Å². The Balaban J connectivity index is 2.45. The van der Waals surface area contributed by atoms with E-state index < -0.39 is 0 Å². The number of nitrogens with one attached hydrogen (secondary N) is 1. The molecule has 0 saturated heterocycles. The first-order chi connectivity index (χ1) is 11.7. The third-order valence-corrected chi connectivity index (χ3v) is 4.16. The molecule has 0 aliphatic carbocycles. The maximum absolute atomic E-state index is 12.0. The third kappa shape index (κ3) is 8.64. The van der Waals surface area contributed by atoms with E-state index in [1.165, 1.54) is 5.56 Å². The van der Waals surface area contributed by atoms with Gasteiger partial charge in [0, 0.05) is 19.5 Å². The molecule has 1 amide bonds. The van der Waals surface area contributed by atoms with Crippen molar-refractivity contribution in [2.45, 2.75) is 51.9 Å². The maximum atomic E-state index is 12.0. The monoisotopic (exact) mass is 345 g/mol. The molecule has 1 rings (SSSR count). The fraction of sp³-hybridized carbons (Fsp3) is 0.526. The Kier molecular flexibility index (Phi) is 10.5. The highest BCUT2D eigenvalue weighted by atomic mass is 32.1. The van der Waals surface area contributed by atoms with E-state index in [2.05, 4.69) is 30.4 Å². The van der Waals surface area contributed by atoms with Crippen molar-refractivity contribution < 1.29 is 4.79 Å². The third-order valence-electron chi connectivity index (χ3n) is 3.80. The van der Waals surface area contributed by atoms with Gasteiger partial charge in [-0.15, -0.1) is 0 Å². The summed E-state index contributed by atoms with van der Waals surface area (Å²) in [5.74, 6) is -0.0298. The Hall–Kier alpha value is -1.93. The van der Waals surface area contributed by atoms with E-state index in [4.69, 9.17) is 17.5 Å². The molecule has 0 fully saturated rings. The predicted molar refractivity (Wildman–Crippen MR) is 101 cm³/mol. The minimum absolute atomic E-state index is 0.0298. The van der Waals surface area contributed by atoms with Gasteiger partial charge in [0.2, 0.25) is 5.91 Å². The number of nitriles is 1. The molecular weight excluding hydrogens is 318 g/mol. The zero-order chi connectivity index (χ0) is 17.6. The summed E-state index contributed by atoms with van der Waals surface area (Å²) >= 11 is 5.37. The average Bonchev–Trinajstić information content (AvgIpc) is 2.59. The van der Waals surface area contributed by atoms with Crippen molar-refractivity contribution >= 4 is 23.2 Å². The van der Waals surface area contributed by atoms with E-state index >= 15 is 0 Å². The Morgan fingerprint density at radius 2 is 1.96 bits per heavy atom. The first kappa shape index (κ1) is 20.1. The molecule has 0 spiro atoms. The van der Waals surface area contributed by atoms with Gasteiger partial charge in [-0.2, -0.15) is 5.26 Å². The molecule has 5 heteroatoms. The lowest BCUT2D eigenvalue weighted by Gasteiger charge is -2.24. The van der Waals surface area contributed by atoms with Crippen LogP contribution in [0.25, 0.3) is 0 Å². The summed E-state index contributed by atoms with van der Waals surface area (Å²) in [5, 5.41) is 12.1. The van der Waals surface area contributed by atoms with Gasteiger partial charge in [-0.3, -0.25) is 4.79 Å². The van der Waals surface area contributed by atoms with Gasteiger partial charge >= 0.3 is 0 Å². The normalized spacial score (nSPS) is 10.0. The lowest BCUT2D eigenvalue weighted by Crippen LogP contribution is -2.44. The van der Waals surface area contributed by atoms with E-state index in [1.807, 2.05) is 23.1 Å². The second kappa shape index (κ2) is 12.5. The molecule has 0 bridgehead atoms. The minimum Gasteiger partial charge on any atom is -0.348 e. The van der Waals surface area contributed by atoms with E-state index in [-0.39, 0.29) is 5.91 Å². The Morgan fingerprint density at radius 1 is 1.21 bits per heavy atom. The van der Waals surface area contributed by atoms with Crippen LogP contribution >= 0.6 is 12.2 Å². The highest BCUT2D eigenvalue weighted by Crippen LogP contribution is 2.05. The van der Waals surface area contributed by atoms with Gasteiger partial charge < -0.3 is 10.2 Å². The van der Waals surface area contributed by atoms with Crippen LogP contribution in [0.2, 0.25) is 0 Å². The van der Waals surface area contributed by atoms with Gasteiger partial charge in [-0.1, -0.05) is 56.5 Å². The number of rotatable bonds is 10. The van der Waals surface area contributed by atoms with E-state index in [9.17, 15) is 4.79 Å². The Labute approximate surface area is 150 Å². The first-order valence-corrected chi connectivity index (χ1v) is 9.07. The van der Waals surface area contributed by atoms with Crippen LogP contribution in [0.5, 0.6) is 0 Å². The molecule has 1 N–H and O–H groups in total. The summed E-state index contributed by atoms with van der Waals surface area (Å²) in [4.78, 5) is 13.9. The van der Waals surface area contributed by atoms with Crippen molar-refractivity contribution in [1.29, 1.82) is 5.26 Å². The van der Waals surface area contributed by atoms with Crippen LogP contribution in [0.3, 0.4) is 0 Å². The van der Waals surface area contributed by atoms with Gasteiger partial charge in [0.05, 0.1) is 12.5 Å². The van der Waals surface area contributed by atoms with Crippen LogP contribution in [-0.4, -0.2) is 29.0 Å². The molecule has 0 heterocycles. The fourth-order valence-electron chi connectivity index (χ4n) is 2.38. The van der Waals surface area contributed by atoms with E-state index in [0.717, 1.165) is 32.1 Å². The molecule has 24 heavy (non-hydrogen) atoms. The number of hydrogen-bond donors (Lipinski definition) is 1. The number of benzene rings is 1. The molecule has 1 aromatic carbocycles. The summed E-state index contributed by atoms with van der Waals surface area (Å²) in [6, 6.07) is 12.3. The number of thiocarbonyl (C=S) groups is 1. The molecular formula is C19H27N3OS. The van der Waals surface area contributed by atoms with Crippen LogP contribution in [0.4, 0.5) is 0 Å². The van der Waals surface area contributed by atoms with E-state index in [1.54, 1.807) is 0 Å². The molecule has 0 saturated carbocycles. The van der Waals surface area contributed by atoms with Crippen LogP contribution in [0.1, 0.15) is 51.0 Å². The summed E-state index contributed by atoms with van der Waals surface area (Å²) in [6.45, 7) is 3.38. The molecule has 0 aliphatic rings. The number of hydrogen-bond acceptors (Lipinski definition) is 3. The van der Waals surface area contributed by atoms with Crippen molar-refractivity contribution in [3.05, 3.63) is 35.9 Å². The van der Waals surface area contributed by atoms with Crippen LogP contribution in [0.15, 0.2) is 30.3 Å². The number of carbonyl (C=O) groups excluding carboxylic acids is 1. The first-order valence-electron chi connectivity index (χ1n) is 8.67. The Bertz CT molecular complexity index is 539. The second-order valence-electron chi connectivity index (χ2n) is 5.79. The van der Waals surface area contributed by atoms with Crippen molar-refractivity contribution in [3.63, 3.8) is 0 Å². The second-order valence-corrected chi connectivity index (χ2v) is 6.18. The lowest BCUT2D eigenvalue weighted by atomic mass is 10.1. The molecule has 130 valence electrons. The van der Waals surface area contributed by atoms with Crippen molar-refractivity contribution in [2.75, 3.05) is 13.1 Å². The number of carbonyl (C=O) groups is 1. The standard InChI is InChI=1S/C19H27N3OS/c1-2-3-4-8-12-18(23)21-19(24)22(15-9-14-20)16-13-17-10-6-5-7-11-17/h5-7,10-11H,2-4,8-9,12-13,15-16H2,1H3,(H,21,23,24). The summed E-state index contributed by atoms with van der Waals surface area (Å²) in [6.07, 6.45) is 6.00. The molecule has 0 aliphatic heterocycles. The number of unbranched alkanes of at least 4 members (excludes halogenated alkanes) is 3.